The van der Waals surface area contributed by atoms with Crippen molar-refractivity contribution >= 4 is 27.3 Å². The summed E-state index contributed by atoms with van der Waals surface area (Å²) in [6, 6.07) is 13.7. The molecule has 1 aromatic heterocycles. The van der Waals surface area contributed by atoms with Crippen molar-refractivity contribution in [2.45, 2.75) is 58.2 Å². The van der Waals surface area contributed by atoms with E-state index in [1.165, 1.54) is 11.4 Å². The zero-order valence-corrected chi connectivity index (χ0v) is 24.4. The molecule has 0 spiro atoms. The maximum absolute atomic E-state index is 13.3. The molecule has 4 heterocycles. The lowest BCUT2D eigenvalue weighted by molar-refractivity contribution is -0.137. The number of ether oxygens (including phenoxy) is 2. The van der Waals surface area contributed by atoms with Crippen molar-refractivity contribution in [1.82, 2.24) is 19.3 Å². The summed E-state index contributed by atoms with van der Waals surface area (Å²) in [6.45, 7) is 4.91. The number of aromatic nitrogens is 3. The number of carboxylic acid groups (broad SMARTS) is 1. The lowest BCUT2D eigenvalue weighted by Gasteiger charge is -2.33. The van der Waals surface area contributed by atoms with E-state index in [0.717, 1.165) is 40.6 Å². The Morgan fingerprint density at radius 1 is 1.12 bits per heavy atom. The molecule has 4 aromatic rings. The number of rotatable bonds is 3. The highest BCUT2D eigenvalue weighted by atomic mass is 32.2. The second kappa shape index (κ2) is 10.9. The molecule has 0 saturated heterocycles. The van der Waals surface area contributed by atoms with Crippen LogP contribution in [0.4, 0.5) is 0 Å². The number of hydrogen-bond acceptors (Lipinski definition) is 8. The van der Waals surface area contributed by atoms with Crippen LogP contribution in [0.15, 0.2) is 48.5 Å². The molecule has 3 atom stereocenters. The van der Waals surface area contributed by atoms with Crippen LogP contribution in [0.3, 0.4) is 0 Å². The van der Waals surface area contributed by atoms with Gasteiger partial charge in [0.15, 0.2) is 0 Å². The molecule has 1 unspecified atom stereocenters. The van der Waals surface area contributed by atoms with E-state index in [1.54, 1.807) is 25.1 Å². The summed E-state index contributed by atoms with van der Waals surface area (Å²) in [5, 5.41) is 18.7. The third-order valence-electron chi connectivity index (χ3n) is 8.15. The highest BCUT2D eigenvalue weighted by molar-refractivity contribution is 7.84. The summed E-state index contributed by atoms with van der Waals surface area (Å²) in [4.78, 5) is 12.1. The fourth-order valence-corrected chi connectivity index (χ4v) is 7.18. The van der Waals surface area contributed by atoms with Gasteiger partial charge in [0.25, 0.3) is 0 Å². The highest BCUT2D eigenvalue weighted by Crippen LogP contribution is 2.41. The number of fused-ring (bicyclic) bond motifs is 5. The van der Waals surface area contributed by atoms with Crippen LogP contribution < -0.4 is 13.7 Å². The molecular formula is C30H32N4O7S. The Labute approximate surface area is 243 Å². The lowest BCUT2D eigenvalue weighted by atomic mass is 9.84. The van der Waals surface area contributed by atoms with E-state index in [-0.39, 0.29) is 18.7 Å². The lowest BCUT2D eigenvalue weighted by Crippen LogP contribution is -2.39. The SMILES string of the molecule is COc1ccc2cc1[C@H](C)N1Cc3cc(ccc3OS1(=O)=O)OCCCCn1nnc3c(C)c(ccc31)[C@@H]2CC(=O)O. The summed E-state index contributed by atoms with van der Waals surface area (Å²) >= 11 is 0. The molecule has 0 aliphatic carbocycles. The number of aryl methyl sites for hydroxylation is 2. The van der Waals surface area contributed by atoms with Crippen LogP contribution in [0.2, 0.25) is 0 Å². The molecule has 220 valence electrons. The van der Waals surface area contributed by atoms with Gasteiger partial charge in [0.05, 0.1) is 31.7 Å². The first-order chi connectivity index (χ1) is 20.2. The van der Waals surface area contributed by atoms with Gasteiger partial charge in [0.1, 0.15) is 22.8 Å². The van der Waals surface area contributed by atoms with Gasteiger partial charge < -0.3 is 18.8 Å². The van der Waals surface area contributed by atoms with Gasteiger partial charge in [-0.25, -0.2) is 4.68 Å². The fourth-order valence-electron chi connectivity index (χ4n) is 5.90. The van der Waals surface area contributed by atoms with Gasteiger partial charge in [0.2, 0.25) is 0 Å². The zero-order chi connectivity index (χ0) is 29.6. The van der Waals surface area contributed by atoms with E-state index in [2.05, 4.69) is 10.3 Å². The van der Waals surface area contributed by atoms with Crippen molar-refractivity contribution in [2.24, 2.45) is 0 Å². The van der Waals surface area contributed by atoms with E-state index >= 15 is 0 Å². The van der Waals surface area contributed by atoms with E-state index in [1.807, 2.05) is 41.9 Å². The third kappa shape index (κ3) is 5.05. The average Bonchev–Trinajstić information content (AvgIpc) is 3.38. The van der Waals surface area contributed by atoms with Gasteiger partial charge in [0, 0.05) is 30.1 Å². The Hall–Kier alpha value is -4.16. The Morgan fingerprint density at radius 2 is 1.95 bits per heavy atom. The first kappa shape index (κ1) is 28.0. The summed E-state index contributed by atoms with van der Waals surface area (Å²) in [6.07, 6.45) is 1.42. The molecule has 7 rings (SSSR count). The number of carbonyl (C=O) groups is 1. The summed E-state index contributed by atoms with van der Waals surface area (Å²) < 4.78 is 47.0. The van der Waals surface area contributed by atoms with E-state index in [9.17, 15) is 18.3 Å². The Kier molecular flexibility index (Phi) is 7.27. The molecule has 11 nitrogen and oxygen atoms in total. The number of methoxy groups -OCH3 is 1. The second-order valence-electron chi connectivity index (χ2n) is 10.7. The van der Waals surface area contributed by atoms with Crippen molar-refractivity contribution in [3.63, 3.8) is 0 Å². The number of benzene rings is 3. The predicted molar refractivity (Wildman–Crippen MR) is 154 cm³/mol. The van der Waals surface area contributed by atoms with E-state index in [0.29, 0.717) is 35.8 Å². The van der Waals surface area contributed by atoms with Crippen molar-refractivity contribution in [1.29, 1.82) is 0 Å². The maximum atomic E-state index is 13.3. The molecule has 12 heteroatoms. The van der Waals surface area contributed by atoms with Crippen molar-refractivity contribution in [3.8, 4) is 17.2 Å². The van der Waals surface area contributed by atoms with Gasteiger partial charge >= 0.3 is 16.3 Å². The molecule has 3 aliphatic rings. The quantitative estimate of drug-likeness (QED) is 0.358. The van der Waals surface area contributed by atoms with Crippen LogP contribution in [0, 0.1) is 6.92 Å². The van der Waals surface area contributed by atoms with Crippen molar-refractivity contribution in [2.75, 3.05) is 13.7 Å². The molecule has 3 aromatic carbocycles. The fraction of sp³-hybridized carbons (Fsp3) is 0.367. The van der Waals surface area contributed by atoms with Crippen LogP contribution in [0.25, 0.3) is 11.0 Å². The molecular weight excluding hydrogens is 560 g/mol. The van der Waals surface area contributed by atoms with Gasteiger partial charge in [-0.3, -0.25) is 4.79 Å². The average molecular weight is 593 g/mol. The zero-order valence-electron chi connectivity index (χ0n) is 23.6. The Balaban J connectivity index is 1.52. The smallest absolute Gasteiger partial charge is 0.386 e. The largest absolute Gasteiger partial charge is 0.496 e. The first-order valence-corrected chi connectivity index (χ1v) is 15.2. The predicted octanol–water partition coefficient (Wildman–Crippen LogP) is 4.73. The van der Waals surface area contributed by atoms with Crippen LogP contribution in [0.1, 0.15) is 66.0 Å². The van der Waals surface area contributed by atoms with Gasteiger partial charge in [-0.15, -0.1) is 5.10 Å². The Morgan fingerprint density at radius 3 is 2.74 bits per heavy atom. The van der Waals surface area contributed by atoms with Crippen LogP contribution in [-0.4, -0.2) is 52.5 Å². The highest BCUT2D eigenvalue weighted by Gasteiger charge is 2.37. The first-order valence-electron chi connectivity index (χ1n) is 13.9. The standard InChI is InChI=1S/C30H32N4O7S/c1-18-23-8-9-26-30(18)31-32-33(26)12-4-5-13-40-22-7-11-27-21(14-22)17-34(42(37,38)41-27)19(2)24-15-20(6-10-28(24)39-3)25(23)16-29(35)36/h6-11,14-15,19,25H,4-5,12-13,16-17H2,1-3H3,(H,35,36)/t19-,25+/m0/s1. The molecule has 0 saturated carbocycles. The van der Waals surface area contributed by atoms with Gasteiger partial charge in [-0.2, -0.15) is 12.7 Å². The topological polar surface area (TPSA) is 133 Å². The number of nitrogens with zero attached hydrogens (tertiary/aromatic N) is 4. The number of aliphatic carboxylic acids is 1. The van der Waals surface area contributed by atoms with Gasteiger partial charge in [-0.05, 0) is 79.8 Å². The minimum atomic E-state index is -4.14. The monoisotopic (exact) mass is 592 g/mol. The summed E-state index contributed by atoms with van der Waals surface area (Å²) in [5.74, 6) is -0.0949. The third-order valence-corrected chi connectivity index (χ3v) is 9.56. The van der Waals surface area contributed by atoms with Crippen LogP contribution >= 0.6 is 0 Å². The molecule has 1 N–H and O–H groups in total. The summed E-state index contributed by atoms with van der Waals surface area (Å²) in [5.41, 5.74) is 5.27. The van der Waals surface area contributed by atoms with E-state index in [4.69, 9.17) is 13.7 Å². The maximum Gasteiger partial charge on any atom is 0.386 e. The number of hydrogen-bond donors (Lipinski definition) is 1. The molecule has 0 radical (unpaired) electrons. The van der Waals surface area contributed by atoms with E-state index < -0.39 is 28.2 Å². The molecule has 9 bridgehead atoms. The molecule has 42 heavy (non-hydrogen) atoms. The van der Waals surface area contributed by atoms with Crippen LogP contribution in [0.5, 0.6) is 17.2 Å². The van der Waals surface area contributed by atoms with Crippen LogP contribution in [-0.2, 0) is 28.2 Å². The molecule has 3 aliphatic heterocycles. The molecule has 0 amide bonds. The minimum absolute atomic E-state index is 0.0733. The molecule has 0 fully saturated rings. The minimum Gasteiger partial charge on any atom is -0.496 e. The van der Waals surface area contributed by atoms with Crippen molar-refractivity contribution < 1.29 is 32.0 Å². The van der Waals surface area contributed by atoms with Crippen molar-refractivity contribution in [3.05, 3.63) is 76.3 Å². The Bertz CT molecular complexity index is 1790. The second-order valence-corrected chi connectivity index (χ2v) is 12.2. The normalized spacial score (nSPS) is 21.5. The number of carboxylic acids is 1. The summed E-state index contributed by atoms with van der Waals surface area (Å²) in [7, 11) is -2.62. The van der Waals surface area contributed by atoms with Gasteiger partial charge in [-0.1, -0.05) is 17.3 Å².